The molecular formula is C16H20N2O2. The second-order valence-electron chi connectivity index (χ2n) is 5.44. The fraction of sp³-hybridized carbons (Fsp3) is 0.438. The number of hydrogen-bond acceptors (Lipinski definition) is 3. The van der Waals surface area contributed by atoms with E-state index in [1.807, 2.05) is 36.0 Å². The maximum Gasteiger partial charge on any atom is 0.0720 e. The molecule has 1 aromatic carbocycles. The molecule has 0 spiro atoms. The Hall–Kier alpha value is -1.65. The molecule has 4 nitrogen and oxygen atoms in total. The van der Waals surface area contributed by atoms with Crippen molar-refractivity contribution in [2.45, 2.75) is 37.6 Å². The molecule has 0 aliphatic heterocycles. The zero-order chi connectivity index (χ0) is 13.9. The van der Waals surface area contributed by atoms with Crippen LogP contribution in [0.1, 0.15) is 30.0 Å². The molecule has 4 heteroatoms. The normalized spacial score (nSPS) is 26.0. The maximum absolute atomic E-state index is 10.2. The Morgan fingerprint density at radius 2 is 2.05 bits per heavy atom. The third kappa shape index (κ3) is 2.76. The lowest BCUT2D eigenvalue weighted by atomic mass is 10.0. The molecule has 0 amide bonds. The number of nitrogens with zero attached hydrogens (tertiary/aromatic N) is 2. The summed E-state index contributed by atoms with van der Waals surface area (Å²) in [4.78, 5) is 0. The summed E-state index contributed by atoms with van der Waals surface area (Å²) in [6.45, 7) is 0.607. The highest BCUT2D eigenvalue weighted by Crippen LogP contribution is 2.36. The standard InChI is InChI=1S/C16H20N2O2/c1-18-15(7-8-17-18)14-9-13(10-16(14)19)20-11-12-5-3-2-4-6-12/h2-8,13-14,16,19H,9-11H2,1H3/t13-,14?,16?/m1/s1. The first-order valence-corrected chi connectivity index (χ1v) is 7.05. The molecule has 1 heterocycles. The van der Waals surface area contributed by atoms with E-state index in [1.165, 1.54) is 5.56 Å². The first-order valence-electron chi connectivity index (χ1n) is 7.05. The molecule has 1 aromatic heterocycles. The Bertz CT molecular complexity index is 553. The topological polar surface area (TPSA) is 47.3 Å². The Labute approximate surface area is 119 Å². The van der Waals surface area contributed by atoms with E-state index in [0.717, 1.165) is 12.1 Å². The summed E-state index contributed by atoms with van der Waals surface area (Å²) in [7, 11) is 1.92. The summed E-state index contributed by atoms with van der Waals surface area (Å²) in [6, 6.07) is 12.1. The van der Waals surface area contributed by atoms with Crippen LogP contribution in [0.25, 0.3) is 0 Å². The molecule has 2 unspecified atom stereocenters. The number of benzene rings is 1. The average Bonchev–Trinajstić information content (AvgIpc) is 3.03. The van der Waals surface area contributed by atoms with E-state index in [-0.39, 0.29) is 18.1 Å². The Morgan fingerprint density at radius 3 is 2.75 bits per heavy atom. The highest BCUT2D eigenvalue weighted by molar-refractivity contribution is 5.15. The van der Waals surface area contributed by atoms with Crippen LogP contribution in [0.5, 0.6) is 0 Å². The van der Waals surface area contributed by atoms with Gasteiger partial charge in [-0.25, -0.2) is 0 Å². The Kier molecular flexibility index (Phi) is 3.85. The summed E-state index contributed by atoms with van der Waals surface area (Å²) in [5.41, 5.74) is 2.26. The number of ether oxygens (including phenoxy) is 1. The van der Waals surface area contributed by atoms with Gasteiger partial charge < -0.3 is 9.84 Å². The molecule has 0 radical (unpaired) electrons. The number of aliphatic hydroxyl groups excluding tert-OH is 1. The van der Waals surface area contributed by atoms with Crippen LogP contribution >= 0.6 is 0 Å². The van der Waals surface area contributed by atoms with Crippen LogP contribution in [0, 0.1) is 0 Å². The van der Waals surface area contributed by atoms with Gasteiger partial charge in [-0.2, -0.15) is 5.10 Å². The second-order valence-corrected chi connectivity index (χ2v) is 5.44. The lowest BCUT2D eigenvalue weighted by Crippen LogP contribution is -2.14. The smallest absolute Gasteiger partial charge is 0.0720 e. The van der Waals surface area contributed by atoms with Crippen LogP contribution in [0.2, 0.25) is 0 Å². The van der Waals surface area contributed by atoms with Gasteiger partial charge in [0.1, 0.15) is 0 Å². The number of aliphatic hydroxyl groups is 1. The molecule has 0 saturated heterocycles. The van der Waals surface area contributed by atoms with Gasteiger partial charge in [0.2, 0.25) is 0 Å². The predicted octanol–water partition coefficient (Wildman–Crippen LogP) is 2.24. The molecule has 20 heavy (non-hydrogen) atoms. The van der Waals surface area contributed by atoms with E-state index in [9.17, 15) is 5.11 Å². The molecule has 1 aliphatic carbocycles. The molecule has 3 rings (SSSR count). The highest BCUT2D eigenvalue weighted by Gasteiger charge is 2.36. The number of hydrogen-bond donors (Lipinski definition) is 1. The van der Waals surface area contributed by atoms with E-state index in [2.05, 4.69) is 17.2 Å². The first kappa shape index (κ1) is 13.3. The fourth-order valence-corrected chi connectivity index (χ4v) is 2.96. The van der Waals surface area contributed by atoms with E-state index < -0.39 is 0 Å². The van der Waals surface area contributed by atoms with Crippen molar-refractivity contribution in [3.05, 3.63) is 53.9 Å². The second kappa shape index (κ2) is 5.77. The van der Waals surface area contributed by atoms with Crippen molar-refractivity contribution < 1.29 is 9.84 Å². The van der Waals surface area contributed by atoms with Gasteiger partial charge in [-0.05, 0) is 18.1 Å². The minimum atomic E-state index is -0.342. The number of aromatic nitrogens is 2. The minimum Gasteiger partial charge on any atom is -0.392 e. The predicted molar refractivity (Wildman–Crippen MR) is 76.2 cm³/mol. The Balaban J connectivity index is 1.60. The third-order valence-electron chi connectivity index (χ3n) is 4.05. The van der Waals surface area contributed by atoms with Crippen molar-refractivity contribution in [1.82, 2.24) is 9.78 Å². The molecule has 1 fully saturated rings. The molecule has 0 bridgehead atoms. The first-order chi connectivity index (χ1) is 9.74. The van der Waals surface area contributed by atoms with Gasteiger partial charge in [0.05, 0.1) is 18.8 Å². The molecule has 106 valence electrons. The van der Waals surface area contributed by atoms with Crippen molar-refractivity contribution in [2.24, 2.45) is 7.05 Å². The van der Waals surface area contributed by atoms with Crippen molar-refractivity contribution in [2.75, 3.05) is 0 Å². The van der Waals surface area contributed by atoms with Gasteiger partial charge in [-0.3, -0.25) is 4.68 Å². The molecular weight excluding hydrogens is 252 g/mol. The van der Waals surface area contributed by atoms with Gasteiger partial charge >= 0.3 is 0 Å². The summed E-state index contributed by atoms with van der Waals surface area (Å²) >= 11 is 0. The van der Waals surface area contributed by atoms with Crippen molar-refractivity contribution >= 4 is 0 Å². The summed E-state index contributed by atoms with van der Waals surface area (Å²) < 4.78 is 7.78. The van der Waals surface area contributed by atoms with Crippen LogP contribution in [0.4, 0.5) is 0 Å². The van der Waals surface area contributed by atoms with Crippen molar-refractivity contribution in [3.63, 3.8) is 0 Å². The van der Waals surface area contributed by atoms with Gasteiger partial charge in [0.25, 0.3) is 0 Å². The van der Waals surface area contributed by atoms with E-state index in [4.69, 9.17) is 4.74 Å². The largest absolute Gasteiger partial charge is 0.392 e. The zero-order valence-corrected chi connectivity index (χ0v) is 11.6. The van der Waals surface area contributed by atoms with E-state index in [1.54, 1.807) is 6.20 Å². The summed E-state index contributed by atoms with van der Waals surface area (Å²) in [5.74, 6) is 0.128. The molecule has 1 N–H and O–H groups in total. The van der Waals surface area contributed by atoms with E-state index in [0.29, 0.717) is 13.0 Å². The van der Waals surface area contributed by atoms with Gasteiger partial charge in [0, 0.05) is 31.3 Å². The van der Waals surface area contributed by atoms with Crippen LogP contribution in [0.3, 0.4) is 0 Å². The van der Waals surface area contributed by atoms with Gasteiger partial charge in [-0.1, -0.05) is 30.3 Å². The van der Waals surface area contributed by atoms with Crippen molar-refractivity contribution in [1.29, 1.82) is 0 Å². The highest BCUT2D eigenvalue weighted by atomic mass is 16.5. The van der Waals surface area contributed by atoms with Crippen LogP contribution < -0.4 is 0 Å². The monoisotopic (exact) mass is 272 g/mol. The van der Waals surface area contributed by atoms with Gasteiger partial charge in [0.15, 0.2) is 0 Å². The molecule has 3 atom stereocenters. The average molecular weight is 272 g/mol. The molecule has 1 aliphatic rings. The van der Waals surface area contributed by atoms with Crippen LogP contribution in [-0.4, -0.2) is 27.1 Å². The lowest BCUT2D eigenvalue weighted by molar-refractivity contribution is 0.0357. The summed E-state index contributed by atoms with van der Waals surface area (Å²) in [5, 5.41) is 14.4. The van der Waals surface area contributed by atoms with E-state index >= 15 is 0 Å². The minimum absolute atomic E-state index is 0.116. The fourth-order valence-electron chi connectivity index (χ4n) is 2.96. The number of aryl methyl sites for hydroxylation is 1. The molecule has 2 aromatic rings. The van der Waals surface area contributed by atoms with Crippen molar-refractivity contribution in [3.8, 4) is 0 Å². The molecule has 1 saturated carbocycles. The van der Waals surface area contributed by atoms with Gasteiger partial charge in [-0.15, -0.1) is 0 Å². The zero-order valence-electron chi connectivity index (χ0n) is 11.6. The van der Waals surface area contributed by atoms with Crippen LogP contribution in [-0.2, 0) is 18.4 Å². The quantitative estimate of drug-likeness (QED) is 0.928. The summed E-state index contributed by atoms with van der Waals surface area (Å²) in [6.07, 6.45) is 3.10. The SMILES string of the molecule is Cn1nccc1C1C[C@@H](OCc2ccccc2)CC1O. The Morgan fingerprint density at radius 1 is 1.25 bits per heavy atom. The number of rotatable bonds is 4. The van der Waals surface area contributed by atoms with Crippen LogP contribution in [0.15, 0.2) is 42.6 Å². The lowest BCUT2D eigenvalue weighted by Gasteiger charge is -2.14. The third-order valence-corrected chi connectivity index (χ3v) is 4.05. The maximum atomic E-state index is 10.2.